The van der Waals surface area contributed by atoms with Gasteiger partial charge in [-0.1, -0.05) is 35.9 Å². The first kappa shape index (κ1) is 14.9. The van der Waals surface area contributed by atoms with Gasteiger partial charge in [-0.05, 0) is 55.7 Å². The molecule has 106 valence electrons. The molecule has 2 aromatic carbocycles. The zero-order valence-corrected chi connectivity index (χ0v) is 12.8. The van der Waals surface area contributed by atoms with Crippen LogP contribution in [0.25, 0.3) is 0 Å². The molecule has 0 aromatic heterocycles. The molecule has 0 aliphatic heterocycles. The third-order valence-corrected chi connectivity index (χ3v) is 3.94. The van der Waals surface area contributed by atoms with E-state index in [9.17, 15) is 5.11 Å². The van der Waals surface area contributed by atoms with Crippen LogP contribution in [0.3, 0.4) is 0 Å². The van der Waals surface area contributed by atoms with Gasteiger partial charge in [0.2, 0.25) is 0 Å². The molecule has 0 aliphatic rings. The summed E-state index contributed by atoms with van der Waals surface area (Å²) in [5, 5.41) is 13.9. The van der Waals surface area contributed by atoms with E-state index in [1.54, 1.807) is 0 Å². The molecular weight excluding hydrogens is 270 g/mol. The number of halogens is 1. The Morgan fingerprint density at radius 1 is 1.10 bits per heavy atom. The van der Waals surface area contributed by atoms with E-state index in [-0.39, 0.29) is 6.61 Å². The van der Waals surface area contributed by atoms with Crippen molar-refractivity contribution in [3.05, 3.63) is 64.2 Å². The Labute approximate surface area is 125 Å². The van der Waals surface area contributed by atoms with E-state index in [0.29, 0.717) is 5.02 Å². The largest absolute Gasteiger partial charge is 0.394 e. The maximum Gasteiger partial charge on any atom is 0.0828 e. The van der Waals surface area contributed by atoms with Gasteiger partial charge in [-0.3, -0.25) is 0 Å². The van der Waals surface area contributed by atoms with E-state index in [4.69, 9.17) is 11.6 Å². The second-order valence-corrected chi connectivity index (χ2v) is 5.86. The van der Waals surface area contributed by atoms with Crippen molar-refractivity contribution in [1.29, 1.82) is 0 Å². The molecule has 0 fully saturated rings. The number of aliphatic hydroxyl groups excluding tert-OH is 1. The minimum Gasteiger partial charge on any atom is -0.394 e. The lowest BCUT2D eigenvalue weighted by molar-refractivity contribution is 0.224. The third kappa shape index (κ3) is 3.14. The normalized spacial score (nSPS) is 13.8. The first-order valence-electron chi connectivity index (χ1n) is 6.67. The van der Waals surface area contributed by atoms with Gasteiger partial charge in [-0.25, -0.2) is 0 Å². The molecule has 1 unspecified atom stereocenters. The quantitative estimate of drug-likeness (QED) is 0.881. The summed E-state index contributed by atoms with van der Waals surface area (Å²) in [6.45, 7) is 6.15. The first-order valence-corrected chi connectivity index (χ1v) is 7.05. The third-order valence-electron chi connectivity index (χ3n) is 3.71. The van der Waals surface area contributed by atoms with Crippen LogP contribution in [0, 0.1) is 13.8 Å². The van der Waals surface area contributed by atoms with Crippen LogP contribution in [0.2, 0.25) is 5.02 Å². The predicted octanol–water partition coefficient (Wildman–Crippen LogP) is 4.28. The lowest BCUT2D eigenvalue weighted by Gasteiger charge is -2.31. The van der Waals surface area contributed by atoms with Crippen molar-refractivity contribution in [3.63, 3.8) is 0 Å². The molecular formula is C17H20ClNO. The molecule has 0 heterocycles. The molecule has 0 radical (unpaired) electrons. The predicted molar refractivity (Wildman–Crippen MR) is 85.4 cm³/mol. The van der Waals surface area contributed by atoms with E-state index < -0.39 is 5.54 Å². The highest BCUT2D eigenvalue weighted by Gasteiger charge is 2.26. The highest BCUT2D eigenvalue weighted by molar-refractivity contribution is 6.30. The summed E-state index contributed by atoms with van der Waals surface area (Å²) >= 11 is 6.01. The van der Waals surface area contributed by atoms with Gasteiger partial charge in [0.25, 0.3) is 0 Å². The Balaban J connectivity index is 2.35. The van der Waals surface area contributed by atoms with Crippen molar-refractivity contribution in [1.82, 2.24) is 0 Å². The molecule has 20 heavy (non-hydrogen) atoms. The number of aryl methyl sites for hydroxylation is 2. The van der Waals surface area contributed by atoms with Crippen molar-refractivity contribution >= 4 is 17.3 Å². The molecule has 0 saturated carbocycles. The fraction of sp³-hybridized carbons (Fsp3) is 0.294. The van der Waals surface area contributed by atoms with Gasteiger partial charge in [-0.15, -0.1) is 0 Å². The van der Waals surface area contributed by atoms with Crippen LogP contribution < -0.4 is 5.32 Å². The van der Waals surface area contributed by atoms with Crippen LogP contribution >= 0.6 is 11.6 Å². The fourth-order valence-corrected chi connectivity index (χ4v) is 2.36. The minimum atomic E-state index is -0.539. The lowest BCUT2D eigenvalue weighted by Crippen LogP contribution is -2.36. The molecule has 0 aliphatic carbocycles. The molecule has 0 bridgehead atoms. The summed E-state index contributed by atoms with van der Waals surface area (Å²) in [5.41, 5.74) is 3.88. The summed E-state index contributed by atoms with van der Waals surface area (Å²) in [4.78, 5) is 0. The molecule has 2 aromatic rings. The fourth-order valence-electron chi connectivity index (χ4n) is 2.17. The summed E-state index contributed by atoms with van der Waals surface area (Å²) < 4.78 is 0. The van der Waals surface area contributed by atoms with Gasteiger partial charge in [0, 0.05) is 10.7 Å². The Kier molecular flexibility index (Phi) is 4.36. The SMILES string of the molecule is Cc1ccc(C(C)(CO)Nc2cccc(Cl)c2)cc1C. The van der Waals surface area contributed by atoms with Crippen molar-refractivity contribution in [2.24, 2.45) is 0 Å². The number of benzene rings is 2. The maximum atomic E-state index is 9.83. The zero-order chi connectivity index (χ0) is 14.8. The molecule has 1 atom stereocenters. The van der Waals surface area contributed by atoms with Gasteiger partial charge in [-0.2, -0.15) is 0 Å². The molecule has 0 saturated heterocycles. The molecule has 0 amide bonds. The van der Waals surface area contributed by atoms with E-state index in [2.05, 4.69) is 37.4 Å². The average molecular weight is 290 g/mol. The lowest BCUT2D eigenvalue weighted by atomic mass is 9.90. The summed E-state index contributed by atoms with van der Waals surface area (Å²) in [6.07, 6.45) is 0. The van der Waals surface area contributed by atoms with Crippen LogP contribution in [-0.4, -0.2) is 11.7 Å². The Morgan fingerprint density at radius 3 is 2.45 bits per heavy atom. The zero-order valence-electron chi connectivity index (χ0n) is 12.1. The van der Waals surface area contributed by atoms with E-state index in [1.807, 2.05) is 31.2 Å². The number of anilines is 1. The van der Waals surface area contributed by atoms with E-state index in [1.165, 1.54) is 11.1 Å². The van der Waals surface area contributed by atoms with Crippen molar-refractivity contribution < 1.29 is 5.11 Å². The molecule has 0 spiro atoms. The van der Waals surface area contributed by atoms with Gasteiger partial charge in [0.05, 0.1) is 12.1 Å². The molecule has 2 nitrogen and oxygen atoms in total. The molecule has 2 N–H and O–H groups in total. The Bertz CT molecular complexity index is 612. The standard InChI is InChI=1S/C17H20ClNO/c1-12-7-8-14(9-13(12)2)17(3,11-20)19-16-6-4-5-15(18)10-16/h4-10,19-20H,11H2,1-3H3. The van der Waals surface area contributed by atoms with Crippen LogP contribution in [0.4, 0.5) is 5.69 Å². The average Bonchev–Trinajstić information content (AvgIpc) is 2.41. The van der Waals surface area contributed by atoms with Crippen LogP contribution in [0.1, 0.15) is 23.6 Å². The Hall–Kier alpha value is -1.51. The van der Waals surface area contributed by atoms with Gasteiger partial charge in [0.15, 0.2) is 0 Å². The second kappa shape index (κ2) is 5.86. The maximum absolute atomic E-state index is 9.83. The number of nitrogens with one attached hydrogen (secondary N) is 1. The van der Waals surface area contributed by atoms with Crippen molar-refractivity contribution in [3.8, 4) is 0 Å². The molecule has 3 heteroatoms. The first-order chi connectivity index (χ1) is 9.44. The summed E-state index contributed by atoms with van der Waals surface area (Å²) in [7, 11) is 0. The highest BCUT2D eigenvalue weighted by atomic mass is 35.5. The highest BCUT2D eigenvalue weighted by Crippen LogP contribution is 2.28. The van der Waals surface area contributed by atoms with Gasteiger partial charge >= 0.3 is 0 Å². The number of hydrogen-bond donors (Lipinski definition) is 2. The summed E-state index contributed by atoms with van der Waals surface area (Å²) in [5.74, 6) is 0. The smallest absolute Gasteiger partial charge is 0.0828 e. The van der Waals surface area contributed by atoms with Crippen LogP contribution in [0.5, 0.6) is 0 Å². The van der Waals surface area contributed by atoms with Gasteiger partial charge in [0.1, 0.15) is 0 Å². The van der Waals surface area contributed by atoms with Crippen LogP contribution in [0.15, 0.2) is 42.5 Å². The minimum absolute atomic E-state index is 0.00200. The number of aliphatic hydroxyl groups is 1. The summed E-state index contributed by atoms with van der Waals surface area (Å²) in [6, 6.07) is 13.8. The topological polar surface area (TPSA) is 32.3 Å². The van der Waals surface area contributed by atoms with Crippen molar-refractivity contribution in [2.75, 3.05) is 11.9 Å². The number of hydrogen-bond acceptors (Lipinski definition) is 2. The van der Waals surface area contributed by atoms with Crippen LogP contribution in [-0.2, 0) is 5.54 Å². The van der Waals surface area contributed by atoms with Crippen molar-refractivity contribution in [2.45, 2.75) is 26.3 Å². The van der Waals surface area contributed by atoms with Gasteiger partial charge < -0.3 is 10.4 Å². The van der Waals surface area contributed by atoms with E-state index in [0.717, 1.165) is 11.3 Å². The Morgan fingerprint density at radius 2 is 1.85 bits per heavy atom. The number of rotatable bonds is 4. The second-order valence-electron chi connectivity index (χ2n) is 5.42. The molecule has 2 rings (SSSR count). The van der Waals surface area contributed by atoms with E-state index >= 15 is 0 Å². The monoisotopic (exact) mass is 289 g/mol.